The number of benzene rings is 1. The predicted octanol–water partition coefficient (Wildman–Crippen LogP) is 2.51. The smallest absolute Gasteiger partial charge is 0.234 e. The van der Waals surface area contributed by atoms with E-state index in [0.29, 0.717) is 18.3 Å². The number of nitrogens with zero attached hydrogens (tertiary/aromatic N) is 2. The van der Waals surface area contributed by atoms with Crippen LogP contribution in [-0.2, 0) is 5.41 Å². The van der Waals surface area contributed by atoms with Gasteiger partial charge in [0.1, 0.15) is 0 Å². The zero-order chi connectivity index (χ0) is 12.4. The third kappa shape index (κ3) is 1.82. The minimum absolute atomic E-state index is 0.0833. The van der Waals surface area contributed by atoms with Gasteiger partial charge in [0.15, 0.2) is 0 Å². The summed E-state index contributed by atoms with van der Waals surface area (Å²) in [4.78, 5) is 4.55. The van der Waals surface area contributed by atoms with Crippen LogP contribution in [0.5, 0.6) is 0 Å². The van der Waals surface area contributed by atoms with E-state index in [1.165, 1.54) is 12.8 Å². The maximum absolute atomic E-state index is 5.92. The zero-order valence-corrected chi connectivity index (χ0v) is 10.3. The van der Waals surface area contributed by atoms with Gasteiger partial charge in [-0.2, -0.15) is 4.98 Å². The first-order valence-corrected chi connectivity index (χ1v) is 6.44. The molecule has 4 heteroatoms. The zero-order valence-electron chi connectivity index (χ0n) is 10.3. The quantitative estimate of drug-likeness (QED) is 0.899. The van der Waals surface area contributed by atoms with Gasteiger partial charge in [-0.05, 0) is 12.8 Å². The summed E-state index contributed by atoms with van der Waals surface area (Å²) in [5, 5.41) is 4.08. The van der Waals surface area contributed by atoms with Crippen molar-refractivity contribution in [3.05, 3.63) is 36.2 Å². The molecule has 1 fully saturated rings. The molecule has 1 aromatic heterocycles. The van der Waals surface area contributed by atoms with Crippen LogP contribution in [0.3, 0.4) is 0 Å². The molecule has 4 nitrogen and oxygen atoms in total. The Labute approximate surface area is 106 Å². The largest absolute Gasteiger partial charge is 0.338 e. The minimum atomic E-state index is -0.0833. The lowest BCUT2D eigenvalue weighted by Crippen LogP contribution is -2.32. The summed E-state index contributed by atoms with van der Waals surface area (Å²) in [5.74, 6) is 1.37. The highest BCUT2D eigenvalue weighted by Gasteiger charge is 2.39. The van der Waals surface area contributed by atoms with Crippen LogP contribution in [0.1, 0.15) is 31.6 Å². The van der Waals surface area contributed by atoms with Gasteiger partial charge in [-0.3, -0.25) is 0 Å². The van der Waals surface area contributed by atoms with Crippen LogP contribution in [-0.4, -0.2) is 16.7 Å². The monoisotopic (exact) mass is 243 g/mol. The van der Waals surface area contributed by atoms with E-state index in [1.54, 1.807) is 0 Å². The molecule has 18 heavy (non-hydrogen) atoms. The number of nitrogens with two attached hydrogens (primary N) is 1. The van der Waals surface area contributed by atoms with E-state index < -0.39 is 0 Å². The van der Waals surface area contributed by atoms with Crippen molar-refractivity contribution in [3.8, 4) is 11.4 Å². The van der Waals surface area contributed by atoms with Crippen molar-refractivity contribution >= 4 is 0 Å². The summed E-state index contributed by atoms with van der Waals surface area (Å²) in [5.41, 5.74) is 6.82. The van der Waals surface area contributed by atoms with E-state index in [-0.39, 0.29) is 5.41 Å². The Morgan fingerprint density at radius 2 is 1.89 bits per heavy atom. The minimum Gasteiger partial charge on any atom is -0.338 e. The van der Waals surface area contributed by atoms with Crippen molar-refractivity contribution in [2.24, 2.45) is 5.73 Å². The summed E-state index contributed by atoms with van der Waals surface area (Å²) in [7, 11) is 0. The van der Waals surface area contributed by atoms with E-state index in [0.717, 1.165) is 18.4 Å². The molecule has 2 aromatic rings. The molecule has 1 aliphatic rings. The van der Waals surface area contributed by atoms with E-state index in [1.807, 2.05) is 30.3 Å². The predicted molar refractivity (Wildman–Crippen MR) is 68.9 cm³/mol. The maximum atomic E-state index is 5.92. The van der Waals surface area contributed by atoms with Crippen LogP contribution < -0.4 is 5.73 Å². The second kappa shape index (κ2) is 4.53. The Kier molecular flexibility index (Phi) is 2.88. The normalized spacial score (nSPS) is 18.1. The average Bonchev–Trinajstić information content (AvgIpc) is 3.09. The van der Waals surface area contributed by atoms with Crippen molar-refractivity contribution in [2.45, 2.75) is 31.1 Å². The molecule has 1 aliphatic carbocycles. The van der Waals surface area contributed by atoms with Gasteiger partial charge in [0.25, 0.3) is 0 Å². The molecule has 0 aliphatic heterocycles. The molecule has 1 heterocycles. The Hall–Kier alpha value is -1.68. The average molecular weight is 243 g/mol. The van der Waals surface area contributed by atoms with Gasteiger partial charge in [0.05, 0.1) is 5.41 Å². The lowest BCUT2D eigenvalue weighted by molar-refractivity contribution is 0.284. The summed E-state index contributed by atoms with van der Waals surface area (Å²) >= 11 is 0. The summed E-state index contributed by atoms with van der Waals surface area (Å²) in [6.07, 6.45) is 4.50. The highest BCUT2D eigenvalue weighted by Crippen LogP contribution is 2.39. The van der Waals surface area contributed by atoms with Gasteiger partial charge in [-0.25, -0.2) is 0 Å². The molecule has 0 saturated heterocycles. The molecule has 94 valence electrons. The van der Waals surface area contributed by atoms with Crippen molar-refractivity contribution in [3.63, 3.8) is 0 Å². The summed E-state index contributed by atoms with van der Waals surface area (Å²) in [6.45, 7) is 0.587. The van der Waals surface area contributed by atoms with Crippen LogP contribution >= 0.6 is 0 Å². The SMILES string of the molecule is NCC1(c2nc(-c3ccccc3)no2)CCCC1. The Bertz CT molecular complexity index is 515. The van der Waals surface area contributed by atoms with Crippen molar-refractivity contribution < 1.29 is 4.52 Å². The first kappa shape index (κ1) is 11.4. The van der Waals surface area contributed by atoms with Crippen molar-refractivity contribution in [2.75, 3.05) is 6.54 Å². The first-order valence-electron chi connectivity index (χ1n) is 6.44. The van der Waals surface area contributed by atoms with Gasteiger partial charge >= 0.3 is 0 Å². The Morgan fingerprint density at radius 3 is 2.56 bits per heavy atom. The fourth-order valence-corrected chi connectivity index (χ4v) is 2.70. The fourth-order valence-electron chi connectivity index (χ4n) is 2.70. The van der Waals surface area contributed by atoms with Gasteiger partial charge in [0, 0.05) is 12.1 Å². The molecule has 1 aromatic carbocycles. The lowest BCUT2D eigenvalue weighted by Gasteiger charge is -2.21. The van der Waals surface area contributed by atoms with E-state index >= 15 is 0 Å². The Morgan fingerprint density at radius 1 is 1.17 bits per heavy atom. The number of hydrogen-bond donors (Lipinski definition) is 1. The van der Waals surface area contributed by atoms with Gasteiger partial charge in [0.2, 0.25) is 11.7 Å². The molecule has 0 atom stereocenters. The van der Waals surface area contributed by atoms with Crippen LogP contribution in [0.4, 0.5) is 0 Å². The molecule has 0 bridgehead atoms. The molecule has 0 spiro atoms. The van der Waals surface area contributed by atoms with Crippen LogP contribution in [0.2, 0.25) is 0 Å². The van der Waals surface area contributed by atoms with Gasteiger partial charge < -0.3 is 10.3 Å². The van der Waals surface area contributed by atoms with Gasteiger partial charge in [-0.1, -0.05) is 48.3 Å². The molecule has 3 rings (SSSR count). The fraction of sp³-hybridized carbons (Fsp3) is 0.429. The second-order valence-electron chi connectivity index (χ2n) is 4.98. The number of aromatic nitrogens is 2. The highest BCUT2D eigenvalue weighted by atomic mass is 16.5. The van der Waals surface area contributed by atoms with E-state index in [4.69, 9.17) is 10.3 Å². The third-order valence-electron chi connectivity index (χ3n) is 3.86. The highest BCUT2D eigenvalue weighted by molar-refractivity contribution is 5.53. The van der Waals surface area contributed by atoms with E-state index in [2.05, 4.69) is 10.1 Å². The molecule has 1 saturated carbocycles. The number of hydrogen-bond acceptors (Lipinski definition) is 4. The molecular formula is C14H17N3O. The van der Waals surface area contributed by atoms with Gasteiger partial charge in [-0.15, -0.1) is 0 Å². The second-order valence-corrected chi connectivity index (χ2v) is 4.98. The van der Waals surface area contributed by atoms with Crippen LogP contribution in [0, 0.1) is 0 Å². The summed E-state index contributed by atoms with van der Waals surface area (Å²) in [6, 6.07) is 9.89. The topological polar surface area (TPSA) is 64.9 Å². The van der Waals surface area contributed by atoms with Crippen molar-refractivity contribution in [1.82, 2.24) is 10.1 Å². The van der Waals surface area contributed by atoms with E-state index in [9.17, 15) is 0 Å². The summed E-state index contributed by atoms with van der Waals surface area (Å²) < 4.78 is 5.46. The molecule has 2 N–H and O–H groups in total. The third-order valence-corrected chi connectivity index (χ3v) is 3.86. The standard InChI is InChI=1S/C14H17N3O/c15-10-14(8-4-5-9-14)13-16-12(17-18-13)11-6-2-1-3-7-11/h1-3,6-7H,4-5,8-10,15H2. The number of rotatable bonds is 3. The van der Waals surface area contributed by atoms with Crippen LogP contribution in [0.15, 0.2) is 34.9 Å². The molecular weight excluding hydrogens is 226 g/mol. The molecule has 0 amide bonds. The molecule has 0 unspecified atom stereocenters. The Balaban J connectivity index is 1.94. The van der Waals surface area contributed by atoms with Crippen molar-refractivity contribution in [1.29, 1.82) is 0 Å². The maximum Gasteiger partial charge on any atom is 0.234 e. The first-order chi connectivity index (χ1) is 8.84. The lowest BCUT2D eigenvalue weighted by atomic mass is 9.86. The molecule has 0 radical (unpaired) electrons. The van der Waals surface area contributed by atoms with Crippen LogP contribution in [0.25, 0.3) is 11.4 Å².